The lowest BCUT2D eigenvalue weighted by Gasteiger charge is -2.10. The summed E-state index contributed by atoms with van der Waals surface area (Å²) in [6.07, 6.45) is 0. The van der Waals surface area contributed by atoms with Crippen LogP contribution in [-0.4, -0.2) is 34.9 Å². The zero-order valence-electron chi connectivity index (χ0n) is 14.2. The normalized spacial score (nSPS) is 13.7. The minimum atomic E-state index is -0.530. The molecule has 5 nitrogen and oxygen atoms in total. The molecule has 1 aliphatic heterocycles. The van der Waals surface area contributed by atoms with Gasteiger partial charge in [-0.1, -0.05) is 41.4 Å². The molecule has 142 valence electrons. The Morgan fingerprint density at radius 2 is 2.00 bits per heavy atom. The van der Waals surface area contributed by atoms with Crippen LogP contribution in [0.4, 0.5) is 4.39 Å². The number of aromatic nitrogens is 1. The van der Waals surface area contributed by atoms with Crippen molar-refractivity contribution in [3.05, 3.63) is 63.3 Å². The number of hydrogen-bond acceptors (Lipinski definition) is 4. The molecule has 2 heterocycles. The van der Waals surface area contributed by atoms with Crippen molar-refractivity contribution in [2.24, 2.45) is 0 Å². The molecule has 0 aliphatic carbocycles. The Balaban J connectivity index is 1.83. The largest absolute Gasteiger partial charge is 0.337 e. The maximum Gasteiger partial charge on any atom is 0.284 e. The Morgan fingerprint density at radius 3 is 2.68 bits per heavy atom. The highest BCUT2D eigenvalue weighted by Gasteiger charge is 2.28. The Bertz CT molecular complexity index is 1100. The maximum absolute atomic E-state index is 13.6. The second kappa shape index (κ2) is 7.50. The summed E-state index contributed by atoms with van der Waals surface area (Å²) in [7, 11) is 0. The van der Waals surface area contributed by atoms with Crippen LogP contribution in [-0.2, 0) is 4.79 Å². The van der Waals surface area contributed by atoms with Gasteiger partial charge in [-0.05, 0) is 29.8 Å². The number of carbonyl (C=O) groups is 2. The highest BCUT2D eigenvalue weighted by atomic mass is 35.5. The van der Waals surface area contributed by atoms with E-state index in [4.69, 9.17) is 23.2 Å². The smallest absolute Gasteiger partial charge is 0.284 e. The van der Waals surface area contributed by atoms with Gasteiger partial charge in [0.25, 0.3) is 5.91 Å². The number of amides is 2. The van der Waals surface area contributed by atoms with E-state index >= 15 is 0 Å². The van der Waals surface area contributed by atoms with Gasteiger partial charge in [0.05, 0.1) is 22.3 Å². The number of hydrogen-bond donors (Lipinski definition) is 1. The Morgan fingerprint density at radius 1 is 1.18 bits per heavy atom. The van der Waals surface area contributed by atoms with Crippen LogP contribution in [0, 0.1) is 5.82 Å². The lowest BCUT2D eigenvalue weighted by molar-refractivity contribution is -0.118. The standard InChI is InChI=1S/C19H12Cl2FN3O2S/c20-12-3-1-2-10(6-12)16-17(11-4-5-14(22)13(21)7-11)28-18(24-16)19(27)25-8-15(26)23-9-25/h1-7H,8-9H2,(H,23,26). The van der Waals surface area contributed by atoms with Crippen LogP contribution in [0.2, 0.25) is 10.0 Å². The zero-order chi connectivity index (χ0) is 19.8. The first-order valence-corrected chi connectivity index (χ1v) is 9.78. The summed E-state index contributed by atoms with van der Waals surface area (Å²) in [6, 6.07) is 11.4. The predicted octanol–water partition coefficient (Wildman–Crippen LogP) is 4.45. The van der Waals surface area contributed by atoms with E-state index in [1.807, 2.05) is 6.07 Å². The second-order valence-electron chi connectivity index (χ2n) is 6.10. The Hall–Kier alpha value is -2.48. The maximum atomic E-state index is 13.6. The van der Waals surface area contributed by atoms with Gasteiger partial charge in [0.15, 0.2) is 5.01 Å². The van der Waals surface area contributed by atoms with Crippen LogP contribution in [0.3, 0.4) is 0 Å². The topological polar surface area (TPSA) is 62.3 Å². The first-order chi connectivity index (χ1) is 13.4. The van der Waals surface area contributed by atoms with Gasteiger partial charge < -0.3 is 10.2 Å². The van der Waals surface area contributed by atoms with Gasteiger partial charge in [0.2, 0.25) is 5.91 Å². The fourth-order valence-corrected chi connectivity index (χ4v) is 4.25. The lowest BCUT2D eigenvalue weighted by atomic mass is 10.1. The number of halogens is 3. The molecule has 2 aromatic carbocycles. The van der Waals surface area contributed by atoms with E-state index in [0.717, 1.165) is 11.3 Å². The van der Waals surface area contributed by atoms with E-state index in [1.165, 1.54) is 17.0 Å². The molecule has 1 N–H and O–H groups in total. The quantitative estimate of drug-likeness (QED) is 0.660. The summed E-state index contributed by atoms with van der Waals surface area (Å²) >= 11 is 13.2. The van der Waals surface area contributed by atoms with Gasteiger partial charge in [-0.25, -0.2) is 9.37 Å². The van der Waals surface area contributed by atoms with Gasteiger partial charge in [-0.3, -0.25) is 9.59 Å². The van der Waals surface area contributed by atoms with Crippen molar-refractivity contribution in [1.29, 1.82) is 0 Å². The summed E-state index contributed by atoms with van der Waals surface area (Å²) < 4.78 is 13.6. The summed E-state index contributed by atoms with van der Waals surface area (Å²) in [4.78, 5) is 30.8. The number of nitrogens with one attached hydrogen (secondary N) is 1. The molecule has 1 saturated heterocycles. The minimum Gasteiger partial charge on any atom is -0.337 e. The van der Waals surface area contributed by atoms with Crippen LogP contribution >= 0.6 is 34.5 Å². The number of nitrogens with zero attached hydrogens (tertiary/aromatic N) is 2. The third kappa shape index (κ3) is 3.61. The summed E-state index contributed by atoms with van der Waals surface area (Å²) in [5, 5.41) is 3.32. The van der Waals surface area contributed by atoms with E-state index in [-0.39, 0.29) is 35.1 Å². The van der Waals surface area contributed by atoms with Crippen molar-refractivity contribution in [2.75, 3.05) is 13.2 Å². The van der Waals surface area contributed by atoms with E-state index in [2.05, 4.69) is 10.3 Å². The molecule has 0 saturated carbocycles. The monoisotopic (exact) mass is 435 g/mol. The molecule has 0 atom stereocenters. The molecule has 9 heteroatoms. The fourth-order valence-electron chi connectivity index (χ4n) is 2.82. The van der Waals surface area contributed by atoms with E-state index < -0.39 is 5.82 Å². The number of carbonyl (C=O) groups excluding carboxylic acids is 2. The molecule has 1 aromatic heterocycles. The van der Waals surface area contributed by atoms with Crippen LogP contribution in [0.25, 0.3) is 21.7 Å². The fraction of sp³-hybridized carbons (Fsp3) is 0.105. The zero-order valence-corrected chi connectivity index (χ0v) is 16.5. The van der Waals surface area contributed by atoms with Crippen LogP contribution in [0.15, 0.2) is 42.5 Å². The molecule has 0 spiro atoms. The molecular formula is C19H12Cl2FN3O2S. The minimum absolute atomic E-state index is 0.0113. The number of thiazole rings is 1. The first-order valence-electron chi connectivity index (χ1n) is 8.20. The van der Waals surface area contributed by atoms with Crippen molar-refractivity contribution in [2.45, 2.75) is 0 Å². The summed E-state index contributed by atoms with van der Waals surface area (Å²) in [5.74, 6) is -1.10. The summed E-state index contributed by atoms with van der Waals surface area (Å²) in [5.41, 5.74) is 1.89. The second-order valence-corrected chi connectivity index (χ2v) is 7.94. The van der Waals surface area contributed by atoms with Gasteiger partial charge >= 0.3 is 0 Å². The highest BCUT2D eigenvalue weighted by Crippen LogP contribution is 2.39. The van der Waals surface area contributed by atoms with Crippen LogP contribution < -0.4 is 5.32 Å². The average molecular weight is 436 g/mol. The first kappa shape index (κ1) is 18.9. The SMILES string of the molecule is O=C1CN(C(=O)c2nc(-c3cccc(Cl)c3)c(-c3ccc(F)c(Cl)c3)s2)CN1. The third-order valence-electron chi connectivity index (χ3n) is 4.18. The molecule has 28 heavy (non-hydrogen) atoms. The third-order valence-corrected chi connectivity index (χ3v) is 5.80. The van der Waals surface area contributed by atoms with E-state index in [0.29, 0.717) is 26.7 Å². The predicted molar refractivity (Wildman–Crippen MR) is 107 cm³/mol. The Labute approximate surface area is 173 Å². The molecule has 0 radical (unpaired) electrons. The molecule has 2 amide bonds. The van der Waals surface area contributed by atoms with Crippen LogP contribution in [0.1, 0.15) is 9.80 Å². The summed E-state index contributed by atoms with van der Waals surface area (Å²) in [6.45, 7) is 0.129. The lowest BCUT2D eigenvalue weighted by Crippen LogP contribution is -2.29. The van der Waals surface area contributed by atoms with Crippen molar-refractivity contribution in [1.82, 2.24) is 15.2 Å². The molecule has 1 aliphatic rings. The highest BCUT2D eigenvalue weighted by molar-refractivity contribution is 7.17. The van der Waals surface area contributed by atoms with Crippen LogP contribution in [0.5, 0.6) is 0 Å². The molecule has 3 aromatic rings. The molecule has 1 fully saturated rings. The van der Waals surface area contributed by atoms with Crippen molar-refractivity contribution >= 4 is 46.4 Å². The molecular weight excluding hydrogens is 424 g/mol. The van der Waals surface area contributed by atoms with E-state index in [9.17, 15) is 14.0 Å². The number of rotatable bonds is 3. The molecule has 0 unspecified atom stereocenters. The molecule has 4 rings (SSSR count). The van der Waals surface area contributed by atoms with Crippen molar-refractivity contribution in [3.63, 3.8) is 0 Å². The van der Waals surface area contributed by atoms with Gasteiger partial charge in [-0.2, -0.15) is 0 Å². The molecule has 0 bridgehead atoms. The van der Waals surface area contributed by atoms with Gasteiger partial charge in [0.1, 0.15) is 12.4 Å². The van der Waals surface area contributed by atoms with E-state index in [1.54, 1.807) is 24.3 Å². The van der Waals surface area contributed by atoms with Crippen molar-refractivity contribution < 1.29 is 14.0 Å². The van der Waals surface area contributed by atoms with Gasteiger partial charge in [0, 0.05) is 10.6 Å². The average Bonchev–Trinajstić information content (AvgIpc) is 3.30. The number of benzene rings is 2. The Kier molecular flexibility index (Phi) is 5.05. The van der Waals surface area contributed by atoms with Crippen molar-refractivity contribution in [3.8, 4) is 21.7 Å². The van der Waals surface area contributed by atoms with Gasteiger partial charge in [-0.15, -0.1) is 11.3 Å².